The topological polar surface area (TPSA) is 26.0 Å². The smallest absolute Gasteiger partial charge is 0.0201 e. The van der Waals surface area contributed by atoms with Gasteiger partial charge in [-0.3, -0.25) is 0 Å². The van der Waals surface area contributed by atoms with Crippen LogP contribution in [0.3, 0.4) is 0 Å². The third kappa shape index (κ3) is 2.67. The summed E-state index contributed by atoms with van der Waals surface area (Å²) in [4.78, 5) is 0. The van der Waals surface area contributed by atoms with Crippen molar-refractivity contribution in [3.05, 3.63) is 0 Å². The fourth-order valence-corrected chi connectivity index (χ4v) is 3.06. The highest BCUT2D eigenvalue weighted by molar-refractivity contribution is 8.00. The van der Waals surface area contributed by atoms with Gasteiger partial charge in [0, 0.05) is 16.5 Å². The maximum atomic E-state index is 6.01. The Kier molecular flexibility index (Phi) is 3.91. The Balaban J connectivity index is 2.30. The summed E-state index contributed by atoms with van der Waals surface area (Å²) in [6, 6.07) is 0.469. The summed E-state index contributed by atoms with van der Waals surface area (Å²) in [5, 5.41) is 1.50. The molecule has 0 saturated heterocycles. The van der Waals surface area contributed by atoms with Gasteiger partial charge in [0.15, 0.2) is 0 Å². The lowest BCUT2D eigenvalue weighted by molar-refractivity contribution is 0.633. The SMILES string of the molecule is CC(C)C(C)SC1CCCC1N. The van der Waals surface area contributed by atoms with Crippen LogP contribution in [0, 0.1) is 5.92 Å². The lowest BCUT2D eigenvalue weighted by atomic mass is 10.2. The Bertz CT molecular complexity index is 136. The van der Waals surface area contributed by atoms with Crippen LogP contribution >= 0.6 is 11.8 Å². The summed E-state index contributed by atoms with van der Waals surface area (Å²) in [7, 11) is 0. The van der Waals surface area contributed by atoms with Crippen LogP contribution in [0.25, 0.3) is 0 Å². The van der Waals surface area contributed by atoms with Crippen molar-refractivity contribution < 1.29 is 0 Å². The van der Waals surface area contributed by atoms with E-state index in [1.807, 2.05) is 0 Å². The maximum absolute atomic E-state index is 6.01. The van der Waals surface area contributed by atoms with E-state index in [-0.39, 0.29) is 0 Å². The van der Waals surface area contributed by atoms with Gasteiger partial charge in [-0.15, -0.1) is 0 Å². The molecule has 0 amide bonds. The minimum absolute atomic E-state index is 0.469. The molecular weight excluding hydrogens is 166 g/mol. The van der Waals surface area contributed by atoms with Gasteiger partial charge < -0.3 is 5.73 Å². The van der Waals surface area contributed by atoms with Gasteiger partial charge in [-0.25, -0.2) is 0 Å². The molecule has 1 aliphatic rings. The van der Waals surface area contributed by atoms with E-state index in [0.717, 1.165) is 16.4 Å². The molecule has 0 radical (unpaired) electrons. The summed E-state index contributed by atoms with van der Waals surface area (Å²) in [6.45, 7) is 6.90. The van der Waals surface area contributed by atoms with E-state index >= 15 is 0 Å². The highest BCUT2D eigenvalue weighted by Crippen LogP contribution is 2.33. The Morgan fingerprint density at radius 2 is 1.92 bits per heavy atom. The van der Waals surface area contributed by atoms with Gasteiger partial charge in [0.1, 0.15) is 0 Å². The molecule has 1 saturated carbocycles. The molecule has 3 atom stereocenters. The van der Waals surface area contributed by atoms with Gasteiger partial charge in [0.05, 0.1) is 0 Å². The monoisotopic (exact) mass is 187 g/mol. The van der Waals surface area contributed by atoms with E-state index in [0.29, 0.717) is 6.04 Å². The van der Waals surface area contributed by atoms with E-state index in [1.165, 1.54) is 19.3 Å². The van der Waals surface area contributed by atoms with Crippen molar-refractivity contribution in [2.24, 2.45) is 11.7 Å². The van der Waals surface area contributed by atoms with E-state index < -0.39 is 0 Å². The second-order valence-corrected chi connectivity index (χ2v) is 5.84. The van der Waals surface area contributed by atoms with Crippen LogP contribution in [-0.4, -0.2) is 16.5 Å². The zero-order valence-corrected chi connectivity index (χ0v) is 9.23. The lowest BCUT2D eigenvalue weighted by Gasteiger charge is -2.22. The highest BCUT2D eigenvalue weighted by Gasteiger charge is 2.26. The molecular formula is C10H21NS. The molecule has 12 heavy (non-hydrogen) atoms. The largest absolute Gasteiger partial charge is 0.327 e. The van der Waals surface area contributed by atoms with Gasteiger partial charge in [0.2, 0.25) is 0 Å². The fourth-order valence-electron chi connectivity index (χ4n) is 1.56. The first-order chi connectivity index (χ1) is 5.61. The molecule has 0 bridgehead atoms. The maximum Gasteiger partial charge on any atom is 0.0201 e. The quantitative estimate of drug-likeness (QED) is 0.735. The Morgan fingerprint density at radius 1 is 1.25 bits per heavy atom. The third-order valence-electron chi connectivity index (χ3n) is 2.83. The number of hydrogen-bond acceptors (Lipinski definition) is 2. The zero-order chi connectivity index (χ0) is 9.14. The van der Waals surface area contributed by atoms with Crippen molar-refractivity contribution in [2.45, 2.75) is 56.6 Å². The number of thioether (sulfide) groups is 1. The van der Waals surface area contributed by atoms with Crippen LogP contribution < -0.4 is 5.73 Å². The summed E-state index contributed by atoms with van der Waals surface area (Å²) in [6.07, 6.45) is 3.91. The molecule has 0 aromatic carbocycles. The molecule has 0 aromatic heterocycles. The standard InChI is InChI=1S/C10H21NS/c1-7(2)8(3)12-10-6-4-5-9(10)11/h7-10H,4-6,11H2,1-3H3. The van der Waals surface area contributed by atoms with Crippen LogP contribution in [0.1, 0.15) is 40.0 Å². The van der Waals surface area contributed by atoms with Gasteiger partial charge >= 0.3 is 0 Å². The normalized spacial score (nSPS) is 32.8. The molecule has 0 aliphatic heterocycles. The van der Waals surface area contributed by atoms with Gasteiger partial charge in [0.25, 0.3) is 0 Å². The second kappa shape index (κ2) is 4.52. The summed E-state index contributed by atoms with van der Waals surface area (Å²) in [5.74, 6) is 0.780. The first-order valence-electron chi connectivity index (χ1n) is 5.02. The Morgan fingerprint density at radius 3 is 2.33 bits per heavy atom. The van der Waals surface area contributed by atoms with Crippen molar-refractivity contribution in [1.82, 2.24) is 0 Å². The molecule has 3 unspecified atom stereocenters. The van der Waals surface area contributed by atoms with Crippen LogP contribution in [0.4, 0.5) is 0 Å². The molecule has 0 aromatic rings. The molecule has 1 nitrogen and oxygen atoms in total. The Labute approximate surface area is 80.5 Å². The van der Waals surface area contributed by atoms with Crippen molar-refractivity contribution in [3.8, 4) is 0 Å². The number of nitrogens with two attached hydrogens (primary N) is 1. The molecule has 1 aliphatic carbocycles. The van der Waals surface area contributed by atoms with Crippen LogP contribution in [-0.2, 0) is 0 Å². The average molecular weight is 187 g/mol. The van der Waals surface area contributed by atoms with E-state index in [9.17, 15) is 0 Å². The first kappa shape index (κ1) is 10.4. The van der Waals surface area contributed by atoms with Crippen LogP contribution in [0.2, 0.25) is 0 Å². The minimum atomic E-state index is 0.469. The second-order valence-electron chi connectivity index (χ2n) is 4.22. The number of rotatable bonds is 3. The Hall–Kier alpha value is 0.310. The van der Waals surface area contributed by atoms with E-state index in [2.05, 4.69) is 32.5 Å². The molecule has 0 spiro atoms. The van der Waals surface area contributed by atoms with Crippen molar-refractivity contribution in [2.75, 3.05) is 0 Å². The van der Waals surface area contributed by atoms with Crippen molar-refractivity contribution in [1.29, 1.82) is 0 Å². The molecule has 0 heterocycles. The summed E-state index contributed by atoms with van der Waals surface area (Å²) >= 11 is 2.10. The fraction of sp³-hybridized carbons (Fsp3) is 1.00. The zero-order valence-electron chi connectivity index (χ0n) is 8.42. The van der Waals surface area contributed by atoms with E-state index in [1.54, 1.807) is 0 Å². The van der Waals surface area contributed by atoms with Gasteiger partial charge in [-0.1, -0.05) is 27.2 Å². The van der Waals surface area contributed by atoms with Crippen molar-refractivity contribution >= 4 is 11.8 Å². The molecule has 2 N–H and O–H groups in total. The van der Waals surface area contributed by atoms with E-state index in [4.69, 9.17) is 5.73 Å². The third-order valence-corrected chi connectivity index (χ3v) is 4.74. The molecule has 72 valence electrons. The summed E-state index contributed by atoms with van der Waals surface area (Å²) < 4.78 is 0. The average Bonchev–Trinajstić information content (AvgIpc) is 2.36. The number of hydrogen-bond donors (Lipinski definition) is 1. The highest BCUT2D eigenvalue weighted by atomic mass is 32.2. The van der Waals surface area contributed by atoms with Gasteiger partial charge in [-0.05, 0) is 18.8 Å². The predicted octanol–water partition coefficient (Wildman–Crippen LogP) is 2.64. The summed E-state index contributed by atoms with van der Waals surface area (Å²) in [5.41, 5.74) is 6.01. The molecule has 1 rings (SSSR count). The lowest BCUT2D eigenvalue weighted by Crippen LogP contribution is -2.28. The predicted molar refractivity (Wildman–Crippen MR) is 57.5 cm³/mol. The van der Waals surface area contributed by atoms with Crippen LogP contribution in [0.5, 0.6) is 0 Å². The molecule has 1 fully saturated rings. The van der Waals surface area contributed by atoms with Crippen LogP contribution in [0.15, 0.2) is 0 Å². The first-order valence-corrected chi connectivity index (χ1v) is 5.96. The van der Waals surface area contributed by atoms with Gasteiger partial charge in [-0.2, -0.15) is 11.8 Å². The molecule has 2 heteroatoms. The minimum Gasteiger partial charge on any atom is -0.327 e. The van der Waals surface area contributed by atoms with Crippen molar-refractivity contribution in [3.63, 3.8) is 0 Å².